The van der Waals surface area contributed by atoms with Crippen molar-refractivity contribution in [2.24, 2.45) is 0 Å². The van der Waals surface area contributed by atoms with Gasteiger partial charge in [-0.25, -0.2) is 19.9 Å². The van der Waals surface area contributed by atoms with Crippen molar-refractivity contribution in [2.75, 3.05) is 0 Å². The van der Waals surface area contributed by atoms with Crippen molar-refractivity contribution >= 4 is 22.1 Å². The SMILES string of the molecule is N#Cc1cccc(-c2ccc(-c3nc(-c4ccccc4)nc(-c4ccc5c(c4)oc4nccc(-c6ccccc6)c45)n3)cc2)c1. The van der Waals surface area contributed by atoms with Crippen molar-refractivity contribution in [1.82, 2.24) is 19.9 Å². The first-order valence-corrected chi connectivity index (χ1v) is 14.5. The molecule has 0 aliphatic carbocycles. The predicted octanol–water partition coefficient (Wildman–Crippen LogP) is 9.37. The summed E-state index contributed by atoms with van der Waals surface area (Å²) in [6, 6.07) is 46.1. The number of rotatable bonds is 5. The molecule has 8 rings (SSSR count). The zero-order valence-electron chi connectivity index (χ0n) is 23.9. The Bertz CT molecular complexity index is 2370. The number of nitriles is 1. The first-order chi connectivity index (χ1) is 22.2. The second kappa shape index (κ2) is 11.0. The second-order valence-electron chi connectivity index (χ2n) is 10.7. The summed E-state index contributed by atoms with van der Waals surface area (Å²) in [5.41, 5.74) is 8.66. The smallest absolute Gasteiger partial charge is 0.227 e. The normalized spacial score (nSPS) is 11.1. The van der Waals surface area contributed by atoms with Gasteiger partial charge in [0.2, 0.25) is 5.71 Å². The molecule has 0 spiro atoms. The third-order valence-electron chi connectivity index (χ3n) is 7.85. The van der Waals surface area contributed by atoms with Gasteiger partial charge in [-0.2, -0.15) is 5.26 Å². The van der Waals surface area contributed by atoms with Crippen molar-refractivity contribution in [3.8, 4) is 62.5 Å². The Morgan fingerprint density at radius 2 is 1.11 bits per heavy atom. The van der Waals surface area contributed by atoms with E-state index in [0.717, 1.165) is 49.7 Å². The Morgan fingerprint density at radius 3 is 1.82 bits per heavy atom. The highest BCUT2D eigenvalue weighted by atomic mass is 16.3. The second-order valence-corrected chi connectivity index (χ2v) is 10.7. The fraction of sp³-hybridized carbons (Fsp3) is 0. The van der Waals surface area contributed by atoms with Crippen LogP contribution in [-0.2, 0) is 0 Å². The van der Waals surface area contributed by atoms with Crippen LogP contribution in [0.25, 0.3) is 78.5 Å². The van der Waals surface area contributed by atoms with Gasteiger partial charge in [-0.1, -0.05) is 103 Å². The third kappa shape index (κ3) is 4.89. The van der Waals surface area contributed by atoms with E-state index in [4.69, 9.17) is 19.4 Å². The number of hydrogen-bond donors (Lipinski definition) is 0. The molecular weight excluding hydrogens is 554 g/mol. The van der Waals surface area contributed by atoms with Crippen LogP contribution in [0.3, 0.4) is 0 Å². The van der Waals surface area contributed by atoms with Gasteiger partial charge in [0.1, 0.15) is 5.58 Å². The van der Waals surface area contributed by atoms with Crippen molar-refractivity contribution in [2.45, 2.75) is 0 Å². The molecule has 0 fully saturated rings. The summed E-state index contributed by atoms with van der Waals surface area (Å²) >= 11 is 0. The third-order valence-corrected chi connectivity index (χ3v) is 7.85. The lowest BCUT2D eigenvalue weighted by atomic mass is 10.0. The fourth-order valence-electron chi connectivity index (χ4n) is 5.63. The Kier molecular flexibility index (Phi) is 6.40. The first kappa shape index (κ1) is 26.2. The van der Waals surface area contributed by atoms with Crippen LogP contribution in [0.15, 0.2) is 144 Å². The van der Waals surface area contributed by atoms with Crippen molar-refractivity contribution in [3.05, 3.63) is 145 Å². The molecule has 3 heterocycles. The van der Waals surface area contributed by atoms with Crippen LogP contribution >= 0.6 is 0 Å². The van der Waals surface area contributed by atoms with E-state index in [9.17, 15) is 5.26 Å². The van der Waals surface area contributed by atoms with Crippen LogP contribution in [0.4, 0.5) is 0 Å². The molecule has 0 aliphatic rings. The van der Waals surface area contributed by atoms with Crippen molar-refractivity contribution in [1.29, 1.82) is 5.26 Å². The van der Waals surface area contributed by atoms with Crippen LogP contribution in [0.2, 0.25) is 0 Å². The maximum absolute atomic E-state index is 9.31. The van der Waals surface area contributed by atoms with Crippen LogP contribution in [-0.4, -0.2) is 19.9 Å². The van der Waals surface area contributed by atoms with Gasteiger partial charge in [-0.3, -0.25) is 0 Å². The van der Waals surface area contributed by atoms with Crippen LogP contribution in [0.5, 0.6) is 0 Å². The summed E-state index contributed by atoms with van der Waals surface area (Å²) in [4.78, 5) is 19.2. The van der Waals surface area contributed by atoms with Crippen LogP contribution in [0, 0.1) is 11.3 Å². The highest BCUT2D eigenvalue weighted by Gasteiger charge is 2.17. The molecule has 3 aromatic heterocycles. The standard InChI is InChI=1S/C39H23N5O/c40-24-25-8-7-13-30(22-25)26-14-16-29(17-15-26)37-42-36(28-11-5-2-6-12-28)43-38(44-37)31-18-19-33-34(23-31)45-39-35(33)32(20-21-41-39)27-9-3-1-4-10-27/h1-23H. The molecule has 210 valence electrons. The van der Waals surface area contributed by atoms with E-state index >= 15 is 0 Å². The highest BCUT2D eigenvalue weighted by Crippen LogP contribution is 2.37. The summed E-state index contributed by atoms with van der Waals surface area (Å²) in [6.45, 7) is 0. The summed E-state index contributed by atoms with van der Waals surface area (Å²) < 4.78 is 6.28. The Labute approximate surface area is 259 Å². The molecule has 6 nitrogen and oxygen atoms in total. The van der Waals surface area contributed by atoms with Gasteiger partial charge in [0.15, 0.2) is 17.5 Å². The number of pyridine rings is 1. The maximum atomic E-state index is 9.31. The van der Waals surface area contributed by atoms with E-state index in [1.807, 2.05) is 109 Å². The topological polar surface area (TPSA) is 88.5 Å². The lowest BCUT2D eigenvalue weighted by Gasteiger charge is -2.09. The number of nitrogens with zero attached hydrogens (tertiary/aromatic N) is 5. The summed E-state index contributed by atoms with van der Waals surface area (Å²) in [5, 5.41) is 11.3. The predicted molar refractivity (Wildman–Crippen MR) is 177 cm³/mol. The van der Waals surface area contributed by atoms with Crippen molar-refractivity contribution in [3.63, 3.8) is 0 Å². The molecule has 0 N–H and O–H groups in total. The van der Waals surface area contributed by atoms with E-state index < -0.39 is 0 Å². The number of fused-ring (bicyclic) bond motifs is 3. The molecule has 6 heteroatoms. The van der Waals surface area contributed by atoms with E-state index in [0.29, 0.717) is 34.3 Å². The van der Waals surface area contributed by atoms with Gasteiger partial charge in [-0.15, -0.1) is 0 Å². The molecule has 5 aromatic carbocycles. The Hall–Kier alpha value is -6.45. The molecule has 0 atom stereocenters. The molecular formula is C39H23N5O. The van der Waals surface area contributed by atoms with E-state index in [-0.39, 0.29) is 0 Å². The zero-order valence-corrected chi connectivity index (χ0v) is 23.9. The molecule has 0 saturated heterocycles. The molecule has 8 aromatic rings. The lowest BCUT2D eigenvalue weighted by Crippen LogP contribution is -2.00. The van der Waals surface area contributed by atoms with Gasteiger partial charge < -0.3 is 4.42 Å². The fourth-order valence-corrected chi connectivity index (χ4v) is 5.63. The van der Waals surface area contributed by atoms with Gasteiger partial charge in [0.25, 0.3) is 0 Å². The minimum Gasteiger partial charge on any atom is -0.438 e. The van der Waals surface area contributed by atoms with E-state index in [1.54, 1.807) is 12.3 Å². The molecule has 0 bridgehead atoms. The number of benzene rings is 5. The minimum absolute atomic E-state index is 0.545. The molecule has 0 aliphatic heterocycles. The van der Waals surface area contributed by atoms with Crippen LogP contribution < -0.4 is 0 Å². The largest absolute Gasteiger partial charge is 0.438 e. The summed E-state index contributed by atoms with van der Waals surface area (Å²) in [7, 11) is 0. The average molecular weight is 578 g/mol. The average Bonchev–Trinajstić information content (AvgIpc) is 3.50. The molecule has 0 amide bonds. The molecule has 45 heavy (non-hydrogen) atoms. The van der Waals surface area contributed by atoms with Gasteiger partial charge in [-0.05, 0) is 52.6 Å². The summed E-state index contributed by atoms with van der Waals surface area (Å²) in [6.07, 6.45) is 1.78. The maximum Gasteiger partial charge on any atom is 0.227 e. The van der Waals surface area contributed by atoms with Gasteiger partial charge in [0.05, 0.1) is 17.0 Å². The van der Waals surface area contributed by atoms with E-state index in [2.05, 4.69) is 29.3 Å². The monoisotopic (exact) mass is 577 g/mol. The number of aromatic nitrogens is 4. The number of furan rings is 1. The van der Waals surface area contributed by atoms with Gasteiger partial charge in [0, 0.05) is 28.3 Å². The minimum atomic E-state index is 0.545. The quantitative estimate of drug-likeness (QED) is 0.202. The molecule has 0 unspecified atom stereocenters. The Morgan fingerprint density at radius 1 is 0.511 bits per heavy atom. The van der Waals surface area contributed by atoms with Crippen molar-refractivity contribution < 1.29 is 4.42 Å². The molecule has 0 saturated carbocycles. The number of hydrogen-bond acceptors (Lipinski definition) is 6. The summed E-state index contributed by atoms with van der Waals surface area (Å²) in [5.74, 6) is 1.69. The first-order valence-electron chi connectivity index (χ1n) is 14.5. The van der Waals surface area contributed by atoms with Gasteiger partial charge >= 0.3 is 0 Å². The molecule has 0 radical (unpaired) electrons. The zero-order chi connectivity index (χ0) is 30.2. The van der Waals surface area contributed by atoms with E-state index in [1.165, 1.54) is 0 Å². The Balaban J connectivity index is 1.24. The highest BCUT2D eigenvalue weighted by molar-refractivity contribution is 6.11. The van der Waals surface area contributed by atoms with Crippen LogP contribution in [0.1, 0.15) is 5.56 Å². The lowest BCUT2D eigenvalue weighted by molar-refractivity contribution is 0.654.